The summed E-state index contributed by atoms with van der Waals surface area (Å²) < 4.78 is 6.07. The van der Waals surface area contributed by atoms with Crippen molar-refractivity contribution in [3.8, 4) is 0 Å². The molecule has 0 saturated carbocycles. The summed E-state index contributed by atoms with van der Waals surface area (Å²) in [7, 11) is 1.42. The van der Waals surface area contributed by atoms with Gasteiger partial charge >= 0.3 is 5.97 Å². The van der Waals surface area contributed by atoms with Crippen LogP contribution in [0.15, 0.2) is 30.3 Å². The van der Waals surface area contributed by atoms with E-state index in [1.807, 2.05) is 19.1 Å². The maximum Gasteiger partial charge on any atom is 0.306 e. The highest BCUT2D eigenvalue weighted by Gasteiger charge is 2.37. The average molecular weight is 291 g/mol. The first-order chi connectivity index (χ1) is 9.51. The van der Waals surface area contributed by atoms with Crippen LogP contribution >= 0.6 is 11.3 Å². The standard InChI is InChI=1S/C16H21NO2S/c1-4-13(17)16(2,10-15(18)19-3)14-9-11-7-5-6-8-12(11)20-14/h5-9,13H,4,10,17H2,1-3H3. The normalized spacial score (nSPS) is 15.8. The summed E-state index contributed by atoms with van der Waals surface area (Å²) in [6, 6.07) is 10.3. The third-order valence-corrected chi connectivity index (χ3v) is 5.38. The highest BCUT2D eigenvalue weighted by atomic mass is 32.1. The number of thiophene rings is 1. The highest BCUT2D eigenvalue weighted by Crippen LogP contribution is 2.39. The van der Waals surface area contributed by atoms with Crippen molar-refractivity contribution in [2.45, 2.75) is 38.1 Å². The summed E-state index contributed by atoms with van der Waals surface area (Å²) in [5.41, 5.74) is 5.92. The summed E-state index contributed by atoms with van der Waals surface area (Å²) in [5, 5.41) is 1.20. The van der Waals surface area contributed by atoms with Crippen molar-refractivity contribution >= 4 is 27.4 Å². The molecule has 1 aromatic carbocycles. The molecule has 0 aliphatic heterocycles. The van der Waals surface area contributed by atoms with E-state index in [1.165, 1.54) is 17.2 Å². The molecule has 0 aliphatic carbocycles. The Morgan fingerprint density at radius 1 is 1.45 bits per heavy atom. The van der Waals surface area contributed by atoms with Gasteiger partial charge in [0.15, 0.2) is 0 Å². The molecule has 2 rings (SSSR count). The van der Waals surface area contributed by atoms with Crippen LogP contribution in [0.2, 0.25) is 0 Å². The van der Waals surface area contributed by atoms with Crippen LogP contribution < -0.4 is 5.73 Å². The predicted octanol–water partition coefficient (Wildman–Crippen LogP) is 3.46. The number of fused-ring (bicyclic) bond motifs is 1. The van der Waals surface area contributed by atoms with Gasteiger partial charge < -0.3 is 10.5 Å². The van der Waals surface area contributed by atoms with Crippen LogP contribution in [0, 0.1) is 0 Å². The third-order valence-electron chi connectivity index (χ3n) is 3.99. The minimum absolute atomic E-state index is 0.0744. The molecule has 0 spiro atoms. The van der Waals surface area contributed by atoms with Gasteiger partial charge in [0, 0.05) is 21.0 Å². The molecule has 2 N–H and O–H groups in total. The molecule has 0 aliphatic rings. The van der Waals surface area contributed by atoms with E-state index in [0.717, 1.165) is 11.3 Å². The van der Waals surface area contributed by atoms with Crippen molar-refractivity contribution < 1.29 is 9.53 Å². The molecule has 1 aromatic heterocycles. The smallest absolute Gasteiger partial charge is 0.306 e. The molecule has 3 nitrogen and oxygen atoms in total. The van der Waals surface area contributed by atoms with E-state index in [2.05, 4.69) is 25.1 Å². The number of carbonyl (C=O) groups is 1. The fraction of sp³-hybridized carbons (Fsp3) is 0.438. The lowest BCUT2D eigenvalue weighted by Gasteiger charge is -2.33. The molecule has 2 aromatic rings. The van der Waals surface area contributed by atoms with Gasteiger partial charge in [-0.3, -0.25) is 4.79 Å². The van der Waals surface area contributed by atoms with Crippen LogP contribution in [0.5, 0.6) is 0 Å². The second-order valence-corrected chi connectivity index (χ2v) is 6.42. The van der Waals surface area contributed by atoms with Crippen molar-refractivity contribution in [2.24, 2.45) is 5.73 Å². The average Bonchev–Trinajstić information content (AvgIpc) is 2.90. The van der Waals surface area contributed by atoms with Gasteiger partial charge in [0.25, 0.3) is 0 Å². The second kappa shape index (κ2) is 5.94. The molecule has 4 heteroatoms. The fourth-order valence-electron chi connectivity index (χ4n) is 2.49. The Labute approximate surface area is 123 Å². The fourth-order valence-corrected chi connectivity index (χ4v) is 3.76. The highest BCUT2D eigenvalue weighted by molar-refractivity contribution is 7.19. The molecule has 0 radical (unpaired) electrons. The minimum Gasteiger partial charge on any atom is -0.469 e. The van der Waals surface area contributed by atoms with Crippen LogP contribution in [0.25, 0.3) is 10.1 Å². The van der Waals surface area contributed by atoms with Gasteiger partial charge in [0.05, 0.1) is 13.5 Å². The van der Waals surface area contributed by atoms with Crippen LogP contribution in [-0.4, -0.2) is 19.1 Å². The first-order valence-electron chi connectivity index (χ1n) is 6.82. The lowest BCUT2D eigenvalue weighted by atomic mass is 9.77. The SMILES string of the molecule is CCC(N)C(C)(CC(=O)OC)c1cc2ccccc2s1. The first-order valence-corrected chi connectivity index (χ1v) is 7.64. The zero-order valence-electron chi connectivity index (χ0n) is 12.2. The van der Waals surface area contributed by atoms with Gasteiger partial charge in [-0.1, -0.05) is 32.0 Å². The monoisotopic (exact) mass is 291 g/mol. The number of hydrogen-bond donors (Lipinski definition) is 1. The van der Waals surface area contributed by atoms with E-state index in [0.29, 0.717) is 6.42 Å². The minimum atomic E-state index is -0.383. The second-order valence-electron chi connectivity index (χ2n) is 5.33. The zero-order chi connectivity index (χ0) is 14.8. The summed E-state index contributed by atoms with van der Waals surface area (Å²) >= 11 is 1.71. The van der Waals surface area contributed by atoms with E-state index in [1.54, 1.807) is 11.3 Å². The number of hydrogen-bond acceptors (Lipinski definition) is 4. The van der Waals surface area contributed by atoms with E-state index in [4.69, 9.17) is 10.5 Å². The maximum atomic E-state index is 11.8. The molecule has 0 bridgehead atoms. The van der Waals surface area contributed by atoms with E-state index in [9.17, 15) is 4.79 Å². The van der Waals surface area contributed by atoms with Crippen LogP contribution in [-0.2, 0) is 14.9 Å². The number of carbonyl (C=O) groups excluding carboxylic acids is 1. The van der Waals surface area contributed by atoms with Crippen molar-refractivity contribution in [2.75, 3.05) is 7.11 Å². The molecule has 2 atom stereocenters. The van der Waals surface area contributed by atoms with Crippen molar-refractivity contribution in [1.82, 2.24) is 0 Å². The number of ether oxygens (including phenoxy) is 1. The summed E-state index contributed by atoms with van der Waals surface area (Å²) in [4.78, 5) is 12.9. The van der Waals surface area contributed by atoms with Gasteiger partial charge in [-0.05, 0) is 23.9 Å². The Bertz CT molecular complexity index is 574. The van der Waals surface area contributed by atoms with Gasteiger partial charge in [-0.2, -0.15) is 0 Å². The number of nitrogens with two attached hydrogens (primary N) is 1. The molecule has 0 saturated heterocycles. The van der Waals surface area contributed by atoms with Gasteiger partial charge in [-0.25, -0.2) is 0 Å². The Morgan fingerprint density at radius 3 is 2.75 bits per heavy atom. The summed E-state index contributed by atoms with van der Waals surface area (Å²) in [6.07, 6.45) is 1.13. The summed E-state index contributed by atoms with van der Waals surface area (Å²) in [6.45, 7) is 4.11. The topological polar surface area (TPSA) is 52.3 Å². The van der Waals surface area contributed by atoms with Gasteiger partial charge in [0.1, 0.15) is 0 Å². The Kier molecular flexibility index (Phi) is 4.45. The number of methoxy groups -OCH3 is 1. The quantitative estimate of drug-likeness (QED) is 0.858. The van der Waals surface area contributed by atoms with Crippen molar-refractivity contribution in [3.05, 3.63) is 35.2 Å². The molecular formula is C16H21NO2S. The maximum absolute atomic E-state index is 11.8. The molecule has 0 fully saturated rings. The van der Waals surface area contributed by atoms with E-state index >= 15 is 0 Å². The Morgan fingerprint density at radius 2 is 2.15 bits per heavy atom. The lowest BCUT2D eigenvalue weighted by Crippen LogP contribution is -2.44. The lowest BCUT2D eigenvalue weighted by molar-refractivity contribution is -0.142. The molecule has 2 unspecified atom stereocenters. The van der Waals surface area contributed by atoms with Gasteiger partial charge in [0.2, 0.25) is 0 Å². The number of benzene rings is 1. The number of esters is 1. The van der Waals surface area contributed by atoms with Crippen LogP contribution in [0.4, 0.5) is 0 Å². The van der Waals surface area contributed by atoms with Crippen LogP contribution in [0.3, 0.4) is 0 Å². The summed E-state index contributed by atoms with van der Waals surface area (Å²) in [5.74, 6) is -0.214. The first kappa shape index (κ1) is 15.0. The molecule has 1 heterocycles. The Hall–Kier alpha value is -1.39. The van der Waals surface area contributed by atoms with Crippen LogP contribution in [0.1, 0.15) is 31.6 Å². The molecule has 108 valence electrons. The van der Waals surface area contributed by atoms with Gasteiger partial charge in [-0.15, -0.1) is 11.3 Å². The van der Waals surface area contributed by atoms with Crippen molar-refractivity contribution in [3.63, 3.8) is 0 Å². The molecule has 0 amide bonds. The van der Waals surface area contributed by atoms with E-state index in [-0.39, 0.29) is 17.4 Å². The van der Waals surface area contributed by atoms with Crippen molar-refractivity contribution in [1.29, 1.82) is 0 Å². The molecule has 20 heavy (non-hydrogen) atoms. The Balaban J connectivity index is 2.46. The zero-order valence-corrected chi connectivity index (χ0v) is 13.0. The largest absolute Gasteiger partial charge is 0.469 e. The third kappa shape index (κ3) is 2.72. The number of rotatable bonds is 5. The molecular weight excluding hydrogens is 270 g/mol. The van der Waals surface area contributed by atoms with E-state index < -0.39 is 0 Å². The predicted molar refractivity (Wildman–Crippen MR) is 84.1 cm³/mol.